The average molecular weight is 471 g/mol. The number of hydrogen-bond donors (Lipinski definition) is 0. The number of nitrogens with zero attached hydrogens (tertiary/aromatic N) is 6. The van der Waals surface area contributed by atoms with E-state index in [9.17, 15) is 0 Å². The van der Waals surface area contributed by atoms with Gasteiger partial charge in [0.05, 0.1) is 11.4 Å². The summed E-state index contributed by atoms with van der Waals surface area (Å²) >= 11 is 7.56. The quantitative estimate of drug-likeness (QED) is 0.378. The van der Waals surface area contributed by atoms with Gasteiger partial charge in [-0.2, -0.15) is 9.97 Å². The second kappa shape index (κ2) is 9.91. The van der Waals surface area contributed by atoms with E-state index in [-0.39, 0.29) is 0 Å². The minimum Gasteiger partial charge on any atom is -0.339 e. The fourth-order valence-electron chi connectivity index (χ4n) is 3.71. The number of piperazine rings is 1. The van der Waals surface area contributed by atoms with Crippen LogP contribution in [-0.2, 0) is 13.0 Å². The van der Waals surface area contributed by atoms with Gasteiger partial charge in [-0.15, -0.1) is 11.3 Å². The summed E-state index contributed by atoms with van der Waals surface area (Å²) in [5.41, 5.74) is 0.901. The van der Waals surface area contributed by atoms with Crippen LogP contribution in [0.2, 0.25) is 5.02 Å². The molecule has 0 N–H and O–H groups in total. The lowest BCUT2D eigenvalue weighted by Crippen LogP contribution is -2.46. The first-order valence-corrected chi connectivity index (χ1v) is 11.9. The van der Waals surface area contributed by atoms with Crippen molar-refractivity contribution in [3.8, 4) is 22.1 Å². The fourth-order valence-corrected chi connectivity index (χ4v) is 4.49. The van der Waals surface area contributed by atoms with Crippen molar-refractivity contribution in [1.82, 2.24) is 30.1 Å². The number of hydrogen-bond acceptors (Lipinski definition) is 9. The Morgan fingerprint density at radius 3 is 2.38 bits per heavy atom. The summed E-state index contributed by atoms with van der Waals surface area (Å²) in [6.45, 7) is 5.67. The van der Waals surface area contributed by atoms with Gasteiger partial charge in [0.2, 0.25) is 23.4 Å². The zero-order chi connectivity index (χ0) is 21.8. The molecule has 0 aliphatic carbocycles. The highest BCUT2D eigenvalue weighted by atomic mass is 35.5. The van der Waals surface area contributed by atoms with E-state index in [0.717, 1.165) is 56.0 Å². The first kappa shape index (κ1) is 21.3. The maximum absolute atomic E-state index is 5.94. The number of aryl methyl sites for hydroxylation is 1. The summed E-state index contributed by atoms with van der Waals surface area (Å²) in [6.07, 6.45) is 1.80. The SMILES string of the molecule is Clc1ccc(-c2noc(CN3CCN(CCCc4nc(-c5cccs5)no4)CC3)n2)cc1. The molecule has 0 spiro atoms. The van der Waals surface area contributed by atoms with E-state index < -0.39 is 0 Å². The summed E-state index contributed by atoms with van der Waals surface area (Å²) in [4.78, 5) is 14.9. The van der Waals surface area contributed by atoms with Crippen LogP contribution in [0.1, 0.15) is 18.2 Å². The molecule has 5 rings (SSSR count). The van der Waals surface area contributed by atoms with Crippen molar-refractivity contribution in [2.45, 2.75) is 19.4 Å². The normalized spacial score (nSPS) is 15.4. The van der Waals surface area contributed by atoms with E-state index in [1.807, 2.05) is 41.8 Å². The van der Waals surface area contributed by atoms with Crippen LogP contribution >= 0.6 is 22.9 Å². The van der Waals surface area contributed by atoms with Gasteiger partial charge in [0.1, 0.15) is 0 Å². The lowest BCUT2D eigenvalue weighted by molar-refractivity contribution is 0.115. The molecule has 10 heteroatoms. The Bertz CT molecular complexity index is 1120. The smallest absolute Gasteiger partial charge is 0.241 e. The third kappa shape index (κ3) is 5.24. The Hall–Kier alpha value is -2.59. The molecule has 32 heavy (non-hydrogen) atoms. The van der Waals surface area contributed by atoms with Gasteiger partial charge >= 0.3 is 0 Å². The van der Waals surface area contributed by atoms with E-state index in [1.165, 1.54) is 0 Å². The molecule has 0 radical (unpaired) electrons. The molecular formula is C22H23ClN6O2S. The summed E-state index contributed by atoms with van der Waals surface area (Å²) in [7, 11) is 0. The highest BCUT2D eigenvalue weighted by Gasteiger charge is 2.20. The van der Waals surface area contributed by atoms with Crippen molar-refractivity contribution < 1.29 is 9.05 Å². The second-order valence-corrected chi connectivity index (χ2v) is 9.11. The molecule has 1 aliphatic heterocycles. The van der Waals surface area contributed by atoms with E-state index in [1.54, 1.807) is 11.3 Å². The van der Waals surface area contributed by atoms with Crippen molar-refractivity contribution in [1.29, 1.82) is 0 Å². The van der Waals surface area contributed by atoms with Crippen LogP contribution in [0.5, 0.6) is 0 Å². The molecule has 0 amide bonds. The molecule has 166 valence electrons. The van der Waals surface area contributed by atoms with Gasteiger partial charge in [-0.25, -0.2) is 0 Å². The van der Waals surface area contributed by atoms with Crippen LogP contribution in [0.25, 0.3) is 22.1 Å². The largest absolute Gasteiger partial charge is 0.339 e. The molecule has 0 saturated carbocycles. The third-order valence-electron chi connectivity index (χ3n) is 5.47. The number of halogens is 1. The number of thiophene rings is 1. The highest BCUT2D eigenvalue weighted by Crippen LogP contribution is 2.22. The van der Waals surface area contributed by atoms with E-state index in [4.69, 9.17) is 20.6 Å². The van der Waals surface area contributed by atoms with Crippen molar-refractivity contribution in [2.75, 3.05) is 32.7 Å². The Labute approximate surface area is 194 Å². The van der Waals surface area contributed by atoms with Gasteiger partial charge in [-0.05, 0) is 48.7 Å². The van der Waals surface area contributed by atoms with Crippen molar-refractivity contribution in [2.24, 2.45) is 0 Å². The molecular weight excluding hydrogens is 448 g/mol. The van der Waals surface area contributed by atoms with E-state index in [0.29, 0.717) is 35.0 Å². The van der Waals surface area contributed by atoms with Gasteiger partial charge in [-0.3, -0.25) is 4.90 Å². The molecule has 1 saturated heterocycles. The lowest BCUT2D eigenvalue weighted by Gasteiger charge is -2.33. The first-order chi connectivity index (χ1) is 15.7. The molecule has 0 bridgehead atoms. The van der Waals surface area contributed by atoms with Gasteiger partial charge in [-0.1, -0.05) is 28.0 Å². The molecule has 1 aromatic carbocycles. The van der Waals surface area contributed by atoms with Crippen molar-refractivity contribution in [3.05, 3.63) is 58.6 Å². The van der Waals surface area contributed by atoms with Crippen LogP contribution in [0.3, 0.4) is 0 Å². The lowest BCUT2D eigenvalue weighted by atomic mass is 10.2. The molecule has 1 fully saturated rings. The molecule has 4 aromatic rings. The molecule has 0 unspecified atom stereocenters. The molecule has 8 nitrogen and oxygen atoms in total. The Balaban J connectivity index is 1.04. The minimum atomic E-state index is 0.596. The van der Waals surface area contributed by atoms with E-state index in [2.05, 4.69) is 30.1 Å². The summed E-state index contributed by atoms with van der Waals surface area (Å²) in [5.74, 6) is 2.63. The molecule has 1 aliphatic rings. The zero-order valence-corrected chi connectivity index (χ0v) is 19.1. The number of benzene rings is 1. The molecule has 4 heterocycles. The predicted molar refractivity (Wildman–Crippen MR) is 122 cm³/mol. The van der Waals surface area contributed by atoms with Crippen LogP contribution in [0, 0.1) is 0 Å². The fraction of sp³-hybridized carbons (Fsp3) is 0.364. The standard InChI is InChI=1S/C22H23ClN6O2S/c23-17-7-5-16(6-8-17)21-25-20(31-26-21)15-29-12-10-28(11-13-29)9-1-4-19-24-22(27-30-19)18-3-2-14-32-18/h2-3,5-8,14H,1,4,9-13,15H2. The topological polar surface area (TPSA) is 84.3 Å². The number of aromatic nitrogens is 4. The minimum absolute atomic E-state index is 0.596. The van der Waals surface area contributed by atoms with Crippen LogP contribution in [-0.4, -0.2) is 62.8 Å². The molecule has 0 atom stereocenters. The van der Waals surface area contributed by atoms with Crippen molar-refractivity contribution >= 4 is 22.9 Å². The average Bonchev–Trinajstić information content (AvgIpc) is 3.58. The van der Waals surface area contributed by atoms with Gasteiger partial charge in [0.25, 0.3) is 0 Å². The summed E-state index contributed by atoms with van der Waals surface area (Å²) in [6, 6.07) is 11.4. The molecule has 3 aromatic heterocycles. The predicted octanol–water partition coefficient (Wildman–Crippen LogP) is 4.25. The van der Waals surface area contributed by atoms with Gasteiger partial charge in [0, 0.05) is 43.2 Å². The van der Waals surface area contributed by atoms with Crippen molar-refractivity contribution in [3.63, 3.8) is 0 Å². The van der Waals surface area contributed by atoms with Crippen LogP contribution in [0.15, 0.2) is 50.8 Å². The summed E-state index contributed by atoms with van der Waals surface area (Å²) < 4.78 is 10.8. The first-order valence-electron chi connectivity index (χ1n) is 10.6. The van der Waals surface area contributed by atoms with Crippen LogP contribution < -0.4 is 0 Å². The Kier molecular flexibility index (Phi) is 6.59. The Morgan fingerprint density at radius 1 is 0.875 bits per heavy atom. The van der Waals surface area contributed by atoms with Gasteiger partial charge < -0.3 is 13.9 Å². The maximum atomic E-state index is 5.94. The second-order valence-electron chi connectivity index (χ2n) is 7.73. The van der Waals surface area contributed by atoms with E-state index >= 15 is 0 Å². The highest BCUT2D eigenvalue weighted by molar-refractivity contribution is 7.13. The zero-order valence-electron chi connectivity index (χ0n) is 17.5. The van der Waals surface area contributed by atoms with Crippen LogP contribution in [0.4, 0.5) is 0 Å². The van der Waals surface area contributed by atoms with Gasteiger partial charge in [0.15, 0.2) is 0 Å². The Morgan fingerprint density at radius 2 is 1.59 bits per heavy atom. The number of rotatable bonds is 8. The third-order valence-corrected chi connectivity index (χ3v) is 6.59. The monoisotopic (exact) mass is 470 g/mol. The maximum Gasteiger partial charge on any atom is 0.241 e. The summed E-state index contributed by atoms with van der Waals surface area (Å²) in [5, 5.41) is 10.9.